The summed E-state index contributed by atoms with van der Waals surface area (Å²) in [6.07, 6.45) is -3.29. The molecule has 7 nitrogen and oxygen atoms in total. The van der Waals surface area contributed by atoms with Crippen molar-refractivity contribution < 1.29 is 31.1 Å². The summed E-state index contributed by atoms with van der Waals surface area (Å²) < 4.78 is 70.8. The maximum atomic E-state index is 13.0. The Balaban J connectivity index is 1.31. The number of sulfonamides is 1. The molecule has 1 aliphatic rings. The van der Waals surface area contributed by atoms with Crippen LogP contribution in [0.2, 0.25) is 5.02 Å². The van der Waals surface area contributed by atoms with E-state index >= 15 is 0 Å². The summed E-state index contributed by atoms with van der Waals surface area (Å²) in [7, 11) is -3.57. The summed E-state index contributed by atoms with van der Waals surface area (Å²) in [5, 5.41) is 0.554. The van der Waals surface area contributed by atoms with Gasteiger partial charge in [-0.15, -0.1) is 0 Å². The number of hydrogen-bond acceptors (Lipinski definition) is 5. The quantitative estimate of drug-likeness (QED) is 0.372. The highest BCUT2D eigenvalue weighted by atomic mass is 35.5. The monoisotopic (exact) mass is 581 g/mol. The number of piperazine rings is 1. The molecule has 208 valence electrons. The summed E-state index contributed by atoms with van der Waals surface area (Å²) in [5.41, 5.74) is 0.968. The Bertz CT molecular complexity index is 1390. The molecule has 1 aliphatic heterocycles. The van der Waals surface area contributed by atoms with Crippen molar-refractivity contribution in [2.24, 2.45) is 0 Å². The lowest BCUT2D eigenvalue weighted by Gasteiger charge is -2.36. The predicted octanol–water partition coefficient (Wildman–Crippen LogP) is 5.05. The van der Waals surface area contributed by atoms with E-state index in [1.165, 1.54) is 10.4 Å². The molecular formula is C27H27ClF3N3O4S. The summed E-state index contributed by atoms with van der Waals surface area (Å²) in [5.74, 6) is 0.151. The molecule has 3 aromatic carbocycles. The average molecular weight is 582 g/mol. The third-order valence-electron chi connectivity index (χ3n) is 6.30. The molecule has 1 saturated heterocycles. The standard InChI is InChI=1S/C27H27ClF3N3O4S/c1-39(36,37)34(18-20-5-7-22(28)8-6-20)23-9-11-25(12-10-23)38-19-26(35)33-15-13-32(14-16-33)24-4-2-3-21(17-24)27(29,30)31/h2-12,17H,13-16,18-19H2,1H3. The van der Waals surface area contributed by atoms with Gasteiger partial charge in [0, 0.05) is 36.9 Å². The van der Waals surface area contributed by atoms with Crippen molar-refractivity contribution in [1.29, 1.82) is 0 Å². The minimum Gasteiger partial charge on any atom is -0.484 e. The van der Waals surface area contributed by atoms with Crippen LogP contribution >= 0.6 is 11.6 Å². The molecule has 0 unspecified atom stereocenters. The summed E-state index contributed by atoms with van der Waals surface area (Å²) in [6, 6.07) is 18.4. The number of alkyl halides is 3. The number of carbonyl (C=O) groups excluding carboxylic acids is 1. The summed E-state index contributed by atoms with van der Waals surface area (Å²) in [6.45, 7) is 1.41. The molecule has 3 aromatic rings. The maximum Gasteiger partial charge on any atom is 0.416 e. The van der Waals surface area contributed by atoms with Crippen molar-refractivity contribution in [3.05, 3.63) is 88.9 Å². The highest BCUT2D eigenvalue weighted by Crippen LogP contribution is 2.32. The van der Waals surface area contributed by atoms with Gasteiger partial charge in [0.25, 0.3) is 5.91 Å². The molecule has 12 heteroatoms. The molecule has 39 heavy (non-hydrogen) atoms. The van der Waals surface area contributed by atoms with E-state index in [1.54, 1.807) is 59.5 Å². The molecule has 0 spiro atoms. The Morgan fingerprint density at radius 2 is 1.62 bits per heavy atom. The van der Waals surface area contributed by atoms with Crippen molar-refractivity contribution in [3.8, 4) is 5.75 Å². The molecule has 0 bridgehead atoms. The topological polar surface area (TPSA) is 70.2 Å². The lowest BCUT2D eigenvalue weighted by atomic mass is 10.1. The van der Waals surface area contributed by atoms with Crippen molar-refractivity contribution in [1.82, 2.24) is 4.90 Å². The number of carbonyl (C=O) groups is 1. The smallest absolute Gasteiger partial charge is 0.416 e. The first kappa shape index (κ1) is 28.6. The number of ether oxygens (including phenoxy) is 1. The number of amides is 1. The fraction of sp³-hybridized carbons (Fsp3) is 0.296. The second kappa shape index (κ2) is 11.7. The van der Waals surface area contributed by atoms with Crippen LogP contribution in [0.25, 0.3) is 0 Å². The fourth-order valence-corrected chi connectivity index (χ4v) is 5.21. The van der Waals surface area contributed by atoms with Crippen molar-refractivity contribution in [3.63, 3.8) is 0 Å². The Hall–Kier alpha value is -3.44. The molecule has 0 saturated carbocycles. The Kier molecular flexibility index (Phi) is 8.60. The van der Waals surface area contributed by atoms with Crippen molar-refractivity contribution >= 4 is 38.9 Å². The van der Waals surface area contributed by atoms with Gasteiger partial charge in [0.2, 0.25) is 10.0 Å². The van der Waals surface area contributed by atoms with E-state index in [-0.39, 0.29) is 19.1 Å². The molecule has 0 atom stereocenters. The van der Waals surface area contributed by atoms with E-state index in [0.717, 1.165) is 24.0 Å². The van der Waals surface area contributed by atoms with Crippen LogP contribution in [0.3, 0.4) is 0 Å². The van der Waals surface area contributed by atoms with E-state index in [0.29, 0.717) is 48.3 Å². The van der Waals surface area contributed by atoms with Gasteiger partial charge >= 0.3 is 6.18 Å². The Morgan fingerprint density at radius 1 is 0.974 bits per heavy atom. The zero-order valence-electron chi connectivity index (χ0n) is 21.1. The van der Waals surface area contributed by atoms with Gasteiger partial charge in [-0.2, -0.15) is 13.2 Å². The summed E-state index contributed by atoms with van der Waals surface area (Å²) >= 11 is 5.92. The first-order chi connectivity index (χ1) is 18.4. The molecule has 1 heterocycles. The molecule has 0 aliphatic carbocycles. The van der Waals surface area contributed by atoms with E-state index < -0.39 is 21.8 Å². The van der Waals surface area contributed by atoms with Gasteiger partial charge in [-0.3, -0.25) is 9.10 Å². The molecule has 0 radical (unpaired) electrons. The van der Waals surface area contributed by atoms with E-state index in [2.05, 4.69) is 0 Å². The number of anilines is 2. The largest absolute Gasteiger partial charge is 0.484 e. The van der Waals surface area contributed by atoms with E-state index in [1.807, 2.05) is 4.90 Å². The van der Waals surface area contributed by atoms with Gasteiger partial charge in [0.1, 0.15) is 5.75 Å². The van der Waals surface area contributed by atoms with Gasteiger partial charge < -0.3 is 14.5 Å². The van der Waals surface area contributed by atoms with Gasteiger partial charge in [-0.1, -0.05) is 29.8 Å². The maximum absolute atomic E-state index is 13.0. The SMILES string of the molecule is CS(=O)(=O)N(Cc1ccc(Cl)cc1)c1ccc(OCC(=O)N2CCN(c3cccc(C(F)(F)F)c3)CC2)cc1. The highest BCUT2D eigenvalue weighted by molar-refractivity contribution is 7.92. The Morgan fingerprint density at radius 3 is 2.21 bits per heavy atom. The number of rotatable bonds is 8. The van der Waals surface area contributed by atoms with Gasteiger partial charge in [0.15, 0.2) is 6.61 Å². The normalized spacial score (nSPS) is 14.3. The predicted molar refractivity (Wildman–Crippen MR) is 145 cm³/mol. The van der Waals surface area contributed by atoms with Crippen LogP contribution in [0.1, 0.15) is 11.1 Å². The molecular weight excluding hydrogens is 555 g/mol. The minimum atomic E-state index is -4.41. The van der Waals surface area contributed by atoms with Crippen LogP contribution in [0, 0.1) is 0 Å². The highest BCUT2D eigenvalue weighted by Gasteiger charge is 2.31. The lowest BCUT2D eigenvalue weighted by molar-refractivity contribution is -0.137. The van der Waals surface area contributed by atoms with Crippen LogP contribution in [-0.4, -0.2) is 58.3 Å². The molecule has 0 aromatic heterocycles. The van der Waals surface area contributed by atoms with Crippen LogP contribution in [0.15, 0.2) is 72.8 Å². The summed E-state index contributed by atoms with van der Waals surface area (Å²) in [4.78, 5) is 16.1. The van der Waals surface area contributed by atoms with Crippen molar-refractivity contribution in [2.45, 2.75) is 12.7 Å². The van der Waals surface area contributed by atoms with Crippen LogP contribution in [-0.2, 0) is 27.5 Å². The van der Waals surface area contributed by atoms with Gasteiger partial charge in [-0.05, 0) is 60.2 Å². The fourth-order valence-electron chi connectivity index (χ4n) is 4.19. The van der Waals surface area contributed by atoms with Crippen molar-refractivity contribution in [2.75, 3.05) is 48.2 Å². The zero-order valence-corrected chi connectivity index (χ0v) is 22.6. The van der Waals surface area contributed by atoms with Gasteiger partial charge in [0.05, 0.1) is 24.1 Å². The van der Waals surface area contributed by atoms with Crippen LogP contribution in [0.4, 0.5) is 24.5 Å². The number of nitrogens with zero attached hydrogens (tertiary/aromatic N) is 3. The van der Waals surface area contributed by atoms with Gasteiger partial charge in [-0.25, -0.2) is 8.42 Å². The number of hydrogen-bond donors (Lipinski definition) is 0. The van der Waals surface area contributed by atoms with E-state index in [4.69, 9.17) is 16.3 Å². The second-order valence-electron chi connectivity index (χ2n) is 9.09. The first-order valence-electron chi connectivity index (χ1n) is 12.1. The Labute approximate surface area is 230 Å². The molecule has 1 fully saturated rings. The minimum absolute atomic E-state index is 0.126. The average Bonchev–Trinajstić information content (AvgIpc) is 2.91. The molecule has 0 N–H and O–H groups in total. The molecule has 1 amide bonds. The third-order valence-corrected chi connectivity index (χ3v) is 7.69. The van der Waals surface area contributed by atoms with Crippen LogP contribution in [0.5, 0.6) is 5.75 Å². The third kappa shape index (κ3) is 7.57. The van der Waals surface area contributed by atoms with Crippen LogP contribution < -0.4 is 13.9 Å². The number of benzene rings is 3. The molecule has 4 rings (SSSR count). The number of halogens is 4. The first-order valence-corrected chi connectivity index (χ1v) is 14.3. The van der Waals surface area contributed by atoms with E-state index in [9.17, 15) is 26.4 Å². The lowest BCUT2D eigenvalue weighted by Crippen LogP contribution is -2.50. The zero-order chi connectivity index (χ0) is 28.2. The second-order valence-corrected chi connectivity index (χ2v) is 11.4.